The number of halogens is 3. The lowest BCUT2D eigenvalue weighted by molar-refractivity contribution is -0.120. The van der Waals surface area contributed by atoms with E-state index in [0.717, 1.165) is 5.56 Å². The minimum atomic E-state index is -2.86. The molecule has 0 aromatic heterocycles. The fourth-order valence-corrected chi connectivity index (χ4v) is 2.18. The third-order valence-electron chi connectivity index (χ3n) is 3.73. The molecule has 0 bridgehead atoms. The summed E-state index contributed by atoms with van der Waals surface area (Å²) in [6, 6.07) is 11.3. The molecule has 0 heterocycles. The van der Waals surface area contributed by atoms with Gasteiger partial charge in [0.15, 0.2) is 0 Å². The maximum atomic E-state index is 12.9. The lowest BCUT2D eigenvalue weighted by atomic mass is 10.1. The molecular formula is C18H19F3N2O2. The maximum absolute atomic E-state index is 12.9. The predicted molar refractivity (Wildman–Crippen MR) is 89.0 cm³/mol. The monoisotopic (exact) mass is 352 g/mol. The van der Waals surface area contributed by atoms with E-state index >= 15 is 0 Å². The molecule has 0 radical (unpaired) electrons. The van der Waals surface area contributed by atoms with Crippen LogP contribution in [0, 0.1) is 5.82 Å². The van der Waals surface area contributed by atoms with E-state index in [0.29, 0.717) is 12.2 Å². The van der Waals surface area contributed by atoms with Crippen molar-refractivity contribution in [1.29, 1.82) is 0 Å². The largest absolute Gasteiger partial charge is 0.435 e. The summed E-state index contributed by atoms with van der Waals surface area (Å²) in [5.74, 6) is -0.516. The van der Waals surface area contributed by atoms with Crippen LogP contribution in [0.5, 0.6) is 5.75 Å². The summed E-state index contributed by atoms with van der Waals surface area (Å²) in [5, 5.41) is 2.72. The van der Waals surface area contributed by atoms with Gasteiger partial charge in [0.1, 0.15) is 11.6 Å². The number of likely N-dealkylation sites (N-methyl/N-ethyl adjacent to an activating group) is 1. The molecule has 1 unspecified atom stereocenters. The molecule has 0 fully saturated rings. The Hall–Kier alpha value is -2.54. The first-order valence-corrected chi connectivity index (χ1v) is 7.65. The number of hydrogen-bond acceptors (Lipinski definition) is 3. The highest BCUT2D eigenvalue weighted by Gasteiger charge is 2.18. The van der Waals surface area contributed by atoms with Crippen molar-refractivity contribution in [1.82, 2.24) is 4.90 Å². The Kier molecular flexibility index (Phi) is 6.41. The van der Waals surface area contributed by atoms with Gasteiger partial charge in [-0.05, 0) is 55.9 Å². The van der Waals surface area contributed by atoms with Gasteiger partial charge in [0.05, 0.1) is 6.04 Å². The van der Waals surface area contributed by atoms with Crippen LogP contribution in [0.4, 0.5) is 18.9 Å². The first kappa shape index (κ1) is 18.8. The van der Waals surface area contributed by atoms with Gasteiger partial charge in [-0.3, -0.25) is 9.69 Å². The van der Waals surface area contributed by atoms with E-state index in [4.69, 9.17) is 0 Å². The highest BCUT2D eigenvalue weighted by Crippen LogP contribution is 2.17. The Morgan fingerprint density at radius 2 is 1.72 bits per heavy atom. The zero-order chi connectivity index (χ0) is 18.4. The minimum absolute atomic E-state index is 0.0866. The molecule has 0 saturated carbocycles. The highest BCUT2D eigenvalue weighted by atomic mass is 19.3. The highest BCUT2D eigenvalue weighted by molar-refractivity contribution is 5.94. The Bertz CT molecular complexity index is 690. The van der Waals surface area contributed by atoms with E-state index in [-0.39, 0.29) is 17.5 Å². The fourth-order valence-electron chi connectivity index (χ4n) is 2.18. The lowest BCUT2D eigenvalue weighted by Crippen LogP contribution is -2.39. The standard InChI is InChI=1S/C18H19F3N2O2/c1-12(17(24)22-15-7-5-14(19)6-8-15)23(2)11-13-3-9-16(10-4-13)25-18(20)21/h3-10,12,18H,11H2,1-2H3,(H,22,24). The molecule has 0 saturated heterocycles. The number of nitrogens with zero attached hydrogens (tertiary/aromatic N) is 1. The SMILES string of the molecule is CC(C(=O)Nc1ccc(F)cc1)N(C)Cc1ccc(OC(F)F)cc1. The van der Waals surface area contributed by atoms with Gasteiger partial charge < -0.3 is 10.1 Å². The summed E-state index contributed by atoms with van der Waals surface area (Å²) in [7, 11) is 1.78. The summed E-state index contributed by atoms with van der Waals surface area (Å²) in [6.45, 7) is -0.663. The van der Waals surface area contributed by atoms with Crippen molar-refractivity contribution in [2.45, 2.75) is 26.1 Å². The van der Waals surface area contributed by atoms with Crippen molar-refractivity contribution in [3.05, 3.63) is 59.9 Å². The first-order chi connectivity index (χ1) is 11.8. The Labute approximate surface area is 144 Å². The Morgan fingerprint density at radius 3 is 2.28 bits per heavy atom. The average Bonchev–Trinajstić information content (AvgIpc) is 2.57. The number of rotatable bonds is 7. The van der Waals surface area contributed by atoms with Crippen molar-refractivity contribution < 1.29 is 22.7 Å². The minimum Gasteiger partial charge on any atom is -0.435 e. The molecule has 0 spiro atoms. The smallest absolute Gasteiger partial charge is 0.387 e. The molecule has 1 atom stereocenters. The van der Waals surface area contributed by atoms with Gasteiger partial charge >= 0.3 is 6.61 Å². The van der Waals surface area contributed by atoms with E-state index in [1.165, 1.54) is 36.4 Å². The second-order valence-electron chi connectivity index (χ2n) is 5.61. The lowest BCUT2D eigenvalue weighted by Gasteiger charge is -2.24. The number of amides is 1. The first-order valence-electron chi connectivity index (χ1n) is 7.65. The number of carbonyl (C=O) groups excluding carboxylic acids is 1. The third-order valence-corrected chi connectivity index (χ3v) is 3.73. The topological polar surface area (TPSA) is 41.6 Å². The van der Waals surface area contributed by atoms with E-state index in [1.54, 1.807) is 26.1 Å². The number of hydrogen-bond donors (Lipinski definition) is 1. The van der Waals surface area contributed by atoms with Gasteiger partial charge in [0, 0.05) is 12.2 Å². The van der Waals surface area contributed by atoms with Gasteiger partial charge in [-0.25, -0.2) is 4.39 Å². The number of benzene rings is 2. The molecule has 1 N–H and O–H groups in total. The van der Waals surface area contributed by atoms with Crippen molar-refractivity contribution in [3.8, 4) is 5.75 Å². The summed E-state index contributed by atoms with van der Waals surface area (Å²) in [5.41, 5.74) is 1.37. The molecule has 2 aromatic carbocycles. The molecule has 2 aromatic rings. The van der Waals surface area contributed by atoms with Crippen molar-refractivity contribution in [3.63, 3.8) is 0 Å². The number of ether oxygens (including phenoxy) is 1. The van der Waals surface area contributed by atoms with Gasteiger partial charge in [-0.2, -0.15) is 8.78 Å². The van der Waals surface area contributed by atoms with Crippen molar-refractivity contribution in [2.75, 3.05) is 12.4 Å². The molecular weight excluding hydrogens is 333 g/mol. The second kappa shape index (κ2) is 8.53. The van der Waals surface area contributed by atoms with Gasteiger partial charge in [0.2, 0.25) is 5.91 Å². The number of carbonyl (C=O) groups is 1. The molecule has 1 amide bonds. The quantitative estimate of drug-likeness (QED) is 0.822. The number of nitrogens with one attached hydrogen (secondary N) is 1. The number of alkyl halides is 2. The van der Waals surface area contributed by atoms with Crippen LogP contribution in [0.3, 0.4) is 0 Å². The molecule has 7 heteroatoms. The van der Waals surface area contributed by atoms with Crippen LogP contribution in [0.25, 0.3) is 0 Å². The van der Waals surface area contributed by atoms with Crippen LogP contribution in [-0.2, 0) is 11.3 Å². The van der Waals surface area contributed by atoms with E-state index in [9.17, 15) is 18.0 Å². The van der Waals surface area contributed by atoms with Crippen LogP contribution in [0.15, 0.2) is 48.5 Å². The third kappa shape index (κ3) is 5.79. The van der Waals surface area contributed by atoms with Crippen LogP contribution in [0.1, 0.15) is 12.5 Å². The summed E-state index contributed by atoms with van der Waals surface area (Å²) < 4.78 is 41.4. The van der Waals surface area contributed by atoms with Gasteiger partial charge in [-0.15, -0.1) is 0 Å². The van der Waals surface area contributed by atoms with E-state index in [2.05, 4.69) is 10.1 Å². The zero-order valence-corrected chi connectivity index (χ0v) is 13.9. The Balaban J connectivity index is 1.91. The molecule has 4 nitrogen and oxygen atoms in total. The second-order valence-corrected chi connectivity index (χ2v) is 5.61. The van der Waals surface area contributed by atoms with Crippen molar-refractivity contribution in [2.24, 2.45) is 0 Å². The van der Waals surface area contributed by atoms with Crippen LogP contribution in [-0.4, -0.2) is 30.5 Å². The molecule has 0 aliphatic rings. The molecule has 134 valence electrons. The van der Waals surface area contributed by atoms with Crippen LogP contribution in [0.2, 0.25) is 0 Å². The Morgan fingerprint density at radius 1 is 1.12 bits per heavy atom. The molecule has 25 heavy (non-hydrogen) atoms. The fraction of sp³-hybridized carbons (Fsp3) is 0.278. The number of anilines is 1. The maximum Gasteiger partial charge on any atom is 0.387 e. The van der Waals surface area contributed by atoms with Gasteiger partial charge in [-0.1, -0.05) is 12.1 Å². The van der Waals surface area contributed by atoms with Crippen molar-refractivity contribution >= 4 is 11.6 Å². The normalized spacial score (nSPS) is 12.3. The van der Waals surface area contributed by atoms with E-state index in [1.807, 2.05) is 4.90 Å². The van der Waals surface area contributed by atoms with E-state index < -0.39 is 12.7 Å². The zero-order valence-electron chi connectivity index (χ0n) is 13.9. The summed E-state index contributed by atoms with van der Waals surface area (Å²) in [4.78, 5) is 14.1. The molecule has 0 aliphatic carbocycles. The predicted octanol–water partition coefficient (Wildman–Crippen LogP) is 3.89. The summed E-state index contributed by atoms with van der Waals surface area (Å²) in [6.07, 6.45) is 0. The summed E-state index contributed by atoms with van der Waals surface area (Å²) >= 11 is 0. The average molecular weight is 352 g/mol. The molecule has 0 aliphatic heterocycles. The van der Waals surface area contributed by atoms with Crippen LogP contribution < -0.4 is 10.1 Å². The molecule has 2 rings (SSSR count). The van der Waals surface area contributed by atoms with Gasteiger partial charge in [0.25, 0.3) is 0 Å². The van der Waals surface area contributed by atoms with Crippen LogP contribution >= 0.6 is 0 Å².